The molecule has 2 aromatic rings. The second-order valence-electron chi connectivity index (χ2n) is 4.60. The van der Waals surface area contributed by atoms with Crippen molar-refractivity contribution in [2.24, 2.45) is 0 Å². The number of halogens is 2. The highest BCUT2D eigenvalue weighted by molar-refractivity contribution is 6.34. The third kappa shape index (κ3) is 4.32. The zero-order valence-electron chi connectivity index (χ0n) is 12.0. The van der Waals surface area contributed by atoms with Crippen molar-refractivity contribution in [2.45, 2.75) is 0 Å². The Morgan fingerprint density at radius 3 is 2.62 bits per heavy atom. The number of rotatable bonds is 4. The van der Waals surface area contributed by atoms with E-state index in [2.05, 4.69) is 5.32 Å². The number of hydrogen-bond donors (Lipinski definition) is 1. The summed E-state index contributed by atoms with van der Waals surface area (Å²) in [5.41, 5.74) is 0.189. The summed E-state index contributed by atoms with van der Waals surface area (Å²) in [6, 6.07) is 12.0. The molecular weight excluding hydrogens is 353 g/mol. The molecule has 2 aromatic carbocycles. The lowest BCUT2D eigenvalue weighted by Crippen LogP contribution is -2.14. The normalized spacial score (nSPS) is 10.8. The first-order valence-electron chi connectivity index (χ1n) is 6.53. The quantitative estimate of drug-likeness (QED) is 0.376. The third-order valence-electron chi connectivity index (χ3n) is 2.93. The smallest absolute Gasteiger partial charge is 0.271 e. The number of hydrogen-bond acceptors (Lipinski definition) is 4. The van der Waals surface area contributed by atoms with Gasteiger partial charge in [0.1, 0.15) is 11.6 Å². The van der Waals surface area contributed by atoms with Crippen molar-refractivity contribution in [3.8, 4) is 6.07 Å². The van der Waals surface area contributed by atoms with Crippen LogP contribution in [0.15, 0.2) is 48.0 Å². The Hall–Kier alpha value is -2.88. The summed E-state index contributed by atoms with van der Waals surface area (Å²) in [4.78, 5) is 22.4. The SMILES string of the molecule is N#C/C(=C\c1cccc(Cl)c1)C(=O)Nc1cc([N+](=O)[O-])ccc1Cl. The molecule has 0 heterocycles. The van der Waals surface area contributed by atoms with Gasteiger partial charge in [0.2, 0.25) is 0 Å². The summed E-state index contributed by atoms with van der Waals surface area (Å²) < 4.78 is 0. The molecule has 2 rings (SSSR count). The fourth-order valence-corrected chi connectivity index (χ4v) is 2.19. The minimum Gasteiger partial charge on any atom is -0.320 e. The average molecular weight is 362 g/mol. The molecule has 0 spiro atoms. The maximum absolute atomic E-state index is 12.2. The molecule has 0 aromatic heterocycles. The van der Waals surface area contributed by atoms with Gasteiger partial charge >= 0.3 is 0 Å². The number of nitrogens with zero attached hydrogens (tertiary/aromatic N) is 2. The zero-order chi connectivity index (χ0) is 17.7. The molecule has 0 aliphatic carbocycles. The van der Waals surface area contributed by atoms with E-state index in [4.69, 9.17) is 28.5 Å². The zero-order valence-corrected chi connectivity index (χ0v) is 13.5. The van der Waals surface area contributed by atoms with Gasteiger partial charge in [-0.25, -0.2) is 0 Å². The number of benzene rings is 2. The summed E-state index contributed by atoms with van der Waals surface area (Å²) in [7, 11) is 0. The Kier molecular flexibility index (Phi) is 5.53. The number of nitro benzene ring substituents is 1. The van der Waals surface area contributed by atoms with Gasteiger partial charge in [-0.2, -0.15) is 5.26 Å². The minimum absolute atomic E-state index is 0.0445. The van der Waals surface area contributed by atoms with Gasteiger partial charge in [0, 0.05) is 17.2 Å². The molecule has 1 amide bonds. The fraction of sp³-hybridized carbons (Fsp3) is 0. The highest BCUT2D eigenvalue weighted by atomic mass is 35.5. The molecule has 120 valence electrons. The van der Waals surface area contributed by atoms with Crippen LogP contribution in [-0.2, 0) is 4.79 Å². The van der Waals surface area contributed by atoms with Crippen LogP contribution in [0.5, 0.6) is 0 Å². The maximum atomic E-state index is 12.2. The molecule has 0 fully saturated rings. The summed E-state index contributed by atoms with van der Waals surface area (Å²) >= 11 is 11.8. The number of amides is 1. The van der Waals surface area contributed by atoms with E-state index in [1.165, 1.54) is 18.2 Å². The summed E-state index contributed by atoms with van der Waals surface area (Å²) in [6.45, 7) is 0. The van der Waals surface area contributed by atoms with Gasteiger partial charge in [-0.1, -0.05) is 35.3 Å². The van der Waals surface area contributed by atoms with Crippen LogP contribution in [0, 0.1) is 21.4 Å². The third-order valence-corrected chi connectivity index (χ3v) is 3.50. The second kappa shape index (κ2) is 7.59. The Bertz CT molecular complexity index is 888. The largest absolute Gasteiger partial charge is 0.320 e. The van der Waals surface area contributed by atoms with Crippen molar-refractivity contribution in [2.75, 3.05) is 5.32 Å². The number of nitro groups is 1. The van der Waals surface area contributed by atoms with Crippen molar-refractivity contribution >= 4 is 46.6 Å². The van der Waals surface area contributed by atoms with Crippen LogP contribution in [0.1, 0.15) is 5.56 Å². The van der Waals surface area contributed by atoms with Crippen molar-refractivity contribution in [1.82, 2.24) is 0 Å². The van der Waals surface area contributed by atoms with Crippen molar-refractivity contribution in [1.29, 1.82) is 5.26 Å². The van der Waals surface area contributed by atoms with Crippen LogP contribution in [0.4, 0.5) is 11.4 Å². The van der Waals surface area contributed by atoms with E-state index >= 15 is 0 Å². The molecule has 0 saturated carbocycles. The van der Waals surface area contributed by atoms with Crippen LogP contribution < -0.4 is 5.32 Å². The molecule has 0 radical (unpaired) electrons. The molecule has 0 atom stereocenters. The minimum atomic E-state index is -0.736. The number of non-ortho nitro benzene ring substituents is 1. The molecule has 0 aliphatic rings. The molecule has 0 saturated heterocycles. The topological polar surface area (TPSA) is 96.0 Å². The average Bonchev–Trinajstić information content (AvgIpc) is 2.54. The van der Waals surface area contributed by atoms with Crippen molar-refractivity contribution in [3.63, 3.8) is 0 Å². The molecule has 0 aliphatic heterocycles. The lowest BCUT2D eigenvalue weighted by Gasteiger charge is -2.06. The first-order valence-corrected chi connectivity index (χ1v) is 7.29. The first-order chi connectivity index (χ1) is 11.4. The van der Waals surface area contributed by atoms with E-state index in [0.717, 1.165) is 6.07 Å². The Morgan fingerprint density at radius 1 is 1.25 bits per heavy atom. The molecule has 0 bridgehead atoms. The predicted octanol–water partition coefficient (Wildman–Crippen LogP) is 4.45. The molecule has 6 nitrogen and oxygen atoms in total. The predicted molar refractivity (Wildman–Crippen MR) is 91.8 cm³/mol. The Balaban J connectivity index is 2.29. The summed E-state index contributed by atoms with van der Waals surface area (Å²) in [5, 5.41) is 22.9. The first kappa shape index (κ1) is 17.5. The number of nitrogens with one attached hydrogen (secondary N) is 1. The van der Waals surface area contributed by atoms with Gasteiger partial charge in [-0.3, -0.25) is 14.9 Å². The molecule has 0 unspecified atom stereocenters. The fourth-order valence-electron chi connectivity index (χ4n) is 1.82. The van der Waals surface area contributed by atoms with E-state index < -0.39 is 10.8 Å². The van der Waals surface area contributed by atoms with Crippen LogP contribution in [0.25, 0.3) is 6.08 Å². The summed E-state index contributed by atoms with van der Waals surface area (Å²) in [6.07, 6.45) is 1.35. The van der Waals surface area contributed by atoms with Crippen LogP contribution >= 0.6 is 23.2 Å². The number of carbonyl (C=O) groups excluding carboxylic acids is 1. The van der Waals surface area contributed by atoms with Crippen LogP contribution in [-0.4, -0.2) is 10.8 Å². The van der Waals surface area contributed by atoms with E-state index in [1.807, 2.05) is 0 Å². The van der Waals surface area contributed by atoms with Gasteiger partial charge in [-0.15, -0.1) is 0 Å². The van der Waals surface area contributed by atoms with E-state index in [0.29, 0.717) is 10.6 Å². The maximum Gasteiger partial charge on any atom is 0.271 e. The van der Waals surface area contributed by atoms with Crippen LogP contribution in [0.2, 0.25) is 10.0 Å². The Labute approximate surface area is 147 Å². The lowest BCUT2D eigenvalue weighted by molar-refractivity contribution is -0.384. The van der Waals surface area contributed by atoms with Gasteiger partial charge in [0.25, 0.3) is 11.6 Å². The van der Waals surface area contributed by atoms with E-state index in [9.17, 15) is 14.9 Å². The standard InChI is InChI=1S/C16H9Cl2N3O3/c17-12-3-1-2-10(7-12)6-11(9-19)16(22)20-15-8-13(21(23)24)4-5-14(15)18/h1-8H,(H,20,22)/b11-6+. The van der Waals surface area contributed by atoms with Gasteiger partial charge in [0.15, 0.2) is 0 Å². The van der Waals surface area contributed by atoms with Gasteiger partial charge in [0.05, 0.1) is 15.6 Å². The molecule has 8 heteroatoms. The van der Waals surface area contributed by atoms with E-state index in [-0.39, 0.29) is 22.0 Å². The lowest BCUT2D eigenvalue weighted by atomic mass is 10.1. The number of anilines is 1. The second-order valence-corrected chi connectivity index (χ2v) is 5.44. The molecule has 1 N–H and O–H groups in total. The van der Waals surface area contributed by atoms with E-state index in [1.54, 1.807) is 30.3 Å². The van der Waals surface area contributed by atoms with Crippen molar-refractivity contribution in [3.05, 3.63) is 73.8 Å². The highest BCUT2D eigenvalue weighted by Gasteiger charge is 2.15. The highest BCUT2D eigenvalue weighted by Crippen LogP contribution is 2.27. The molecular formula is C16H9Cl2N3O3. The van der Waals surface area contributed by atoms with Gasteiger partial charge < -0.3 is 5.32 Å². The molecule has 24 heavy (non-hydrogen) atoms. The number of carbonyl (C=O) groups is 1. The monoisotopic (exact) mass is 361 g/mol. The Morgan fingerprint density at radius 2 is 2.00 bits per heavy atom. The number of nitriles is 1. The van der Waals surface area contributed by atoms with Crippen molar-refractivity contribution < 1.29 is 9.72 Å². The van der Waals surface area contributed by atoms with Gasteiger partial charge in [-0.05, 0) is 29.8 Å². The summed E-state index contributed by atoms with van der Waals surface area (Å²) in [5.74, 6) is -0.736. The van der Waals surface area contributed by atoms with Crippen LogP contribution in [0.3, 0.4) is 0 Å².